The molecule has 6 nitrogen and oxygen atoms in total. The van der Waals surface area contributed by atoms with Gasteiger partial charge in [-0.1, -0.05) is 6.92 Å². The first kappa shape index (κ1) is 13.2. The van der Waals surface area contributed by atoms with Crippen molar-refractivity contribution in [1.29, 1.82) is 0 Å². The summed E-state index contributed by atoms with van der Waals surface area (Å²) in [6, 6.07) is 8.27. The molecule has 2 heterocycles. The Balaban J connectivity index is 1.98. The lowest BCUT2D eigenvalue weighted by Gasteiger charge is -1.95. The number of aromatic nitrogens is 2. The molecule has 3 rings (SSSR count). The minimum atomic E-state index is -0.447. The SMILES string of the molecule is CCC[n+]1ccc(-c2nc3ccc([N+](=O)[O-])cc3o2)cc1. The van der Waals surface area contributed by atoms with Crippen LogP contribution < -0.4 is 4.57 Å². The Hall–Kier alpha value is -2.76. The van der Waals surface area contributed by atoms with Gasteiger partial charge in [0.05, 0.1) is 11.0 Å². The molecule has 0 aliphatic heterocycles. The molecule has 3 aromatic rings. The second-order valence-electron chi connectivity index (χ2n) is 4.75. The first-order valence-electron chi connectivity index (χ1n) is 6.72. The second-order valence-corrected chi connectivity index (χ2v) is 4.75. The summed E-state index contributed by atoms with van der Waals surface area (Å²) in [6.07, 6.45) is 5.00. The van der Waals surface area contributed by atoms with Crippen molar-refractivity contribution in [3.63, 3.8) is 0 Å². The molecule has 0 aliphatic carbocycles. The molecular formula is C15H14N3O3+. The highest BCUT2D eigenvalue weighted by atomic mass is 16.6. The Labute approximate surface area is 120 Å². The van der Waals surface area contributed by atoms with Gasteiger partial charge in [-0.3, -0.25) is 10.1 Å². The van der Waals surface area contributed by atoms with Gasteiger partial charge < -0.3 is 4.42 Å². The molecule has 0 atom stereocenters. The fourth-order valence-corrected chi connectivity index (χ4v) is 2.16. The number of hydrogen-bond donors (Lipinski definition) is 0. The molecule has 106 valence electrons. The van der Waals surface area contributed by atoms with Crippen molar-refractivity contribution in [2.45, 2.75) is 19.9 Å². The van der Waals surface area contributed by atoms with Gasteiger partial charge in [0.25, 0.3) is 5.69 Å². The van der Waals surface area contributed by atoms with Crippen LogP contribution in [0.3, 0.4) is 0 Å². The van der Waals surface area contributed by atoms with Crippen LogP contribution in [0.2, 0.25) is 0 Å². The number of non-ortho nitro benzene ring substituents is 1. The van der Waals surface area contributed by atoms with E-state index in [1.807, 2.05) is 24.5 Å². The van der Waals surface area contributed by atoms with E-state index >= 15 is 0 Å². The summed E-state index contributed by atoms with van der Waals surface area (Å²) in [5, 5.41) is 10.8. The predicted molar refractivity (Wildman–Crippen MR) is 76.6 cm³/mol. The molecule has 0 unspecified atom stereocenters. The van der Waals surface area contributed by atoms with Crippen molar-refractivity contribution >= 4 is 16.8 Å². The van der Waals surface area contributed by atoms with Gasteiger partial charge in [-0.15, -0.1) is 0 Å². The Morgan fingerprint density at radius 2 is 2.05 bits per heavy atom. The van der Waals surface area contributed by atoms with Crippen LogP contribution in [0.4, 0.5) is 5.69 Å². The van der Waals surface area contributed by atoms with Gasteiger partial charge in [0.2, 0.25) is 5.89 Å². The fourth-order valence-electron chi connectivity index (χ4n) is 2.16. The van der Waals surface area contributed by atoms with E-state index in [9.17, 15) is 10.1 Å². The number of nitrogens with zero attached hydrogens (tertiary/aromatic N) is 3. The van der Waals surface area contributed by atoms with Crippen molar-refractivity contribution in [2.24, 2.45) is 0 Å². The van der Waals surface area contributed by atoms with Crippen LogP contribution in [0.5, 0.6) is 0 Å². The molecule has 6 heteroatoms. The third kappa shape index (κ3) is 2.60. The Bertz CT molecular complexity index is 794. The van der Waals surface area contributed by atoms with E-state index in [1.54, 1.807) is 6.07 Å². The van der Waals surface area contributed by atoms with Gasteiger partial charge in [-0.25, -0.2) is 9.55 Å². The molecule has 2 aromatic heterocycles. The summed E-state index contributed by atoms with van der Waals surface area (Å²) < 4.78 is 7.70. The van der Waals surface area contributed by atoms with E-state index < -0.39 is 4.92 Å². The zero-order valence-corrected chi connectivity index (χ0v) is 11.5. The normalized spacial score (nSPS) is 10.9. The molecule has 0 N–H and O–H groups in total. The lowest BCUT2D eigenvalue weighted by atomic mass is 10.2. The Morgan fingerprint density at radius 3 is 2.71 bits per heavy atom. The maximum atomic E-state index is 10.8. The highest BCUT2D eigenvalue weighted by Crippen LogP contribution is 2.26. The Morgan fingerprint density at radius 1 is 1.29 bits per heavy atom. The summed E-state index contributed by atoms with van der Waals surface area (Å²) in [4.78, 5) is 14.7. The van der Waals surface area contributed by atoms with Crippen LogP contribution in [0.25, 0.3) is 22.6 Å². The molecule has 0 aliphatic rings. The first-order chi connectivity index (χ1) is 10.2. The van der Waals surface area contributed by atoms with E-state index in [0.29, 0.717) is 17.0 Å². The van der Waals surface area contributed by atoms with Crippen molar-refractivity contribution in [1.82, 2.24) is 4.98 Å². The van der Waals surface area contributed by atoms with E-state index in [2.05, 4.69) is 16.5 Å². The number of nitro benzene ring substituents is 1. The van der Waals surface area contributed by atoms with Crippen LogP contribution in [0.1, 0.15) is 13.3 Å². The first-order valence-corrected chi connectivity index (χ1v) is 6.72. The average Bonchev–Trinajstić information content (AvgIpc) is 2.91. The molecule has 0 saturated carbocycles. The fraction of sp³-hybridized carbons (Fsp3) is 0.200. The van der Waals surface area contributed by atoms with Crippen LogP contribution in [0.15, 0.2) is 47.1 Å². The van der Waals surface area contributed by atoms with Gasteiger partial charge in [-0.2, -0.15) is 0 Å². The quantitative estimate of drug-likeness (QED) is 0.419. The van der Waals surface area contributed by atoms with Crippen LogP contribution in [0, 0.1) is 10.1 Å². The molecule has 0 spiro atoms. The molecule has 21 heavy (non-hydrogen) atoms. The van der Waals surface area contributed by atoms with Crippen molar-refractivity contribution < 1.29 is 13.9 Å². The smallest absolute Gasteiger partial charge is 0.273 e. The van der Waals surface area contributed by atoms with Gasteiger partial charge in [0.15, 0.2) is 18.0 Å². The number of nitro groups is 1. The van der Waals surface area contributed by atoms with E-state index in [1.165, 1.54) is 12.1 Å². The molecule has 0 amide bonds. The van der Waals surface area contributed by atoms with Crippen molar-refractivity contribution in [3.8, 4) is 11.5 Å². The van der Waals surface area contributed by atoms with Crippen LogP contribution in [-0.2, 0) is 6.54 Å². The zero-order chi connectivity index (χ0) is 14.8. The predicted octanol–water partition coefficient (Wildman–Crippen LogP) is 3.10. The molecule has 1 aromatic carbocycles. The maximum Gasteiger partial charge on any atom is 0.273 e. The molecule has 0 radical (unpaired) electrons. The molecular weight excluding hydrogens is 270 g/mol. The number of hydrogen-bond acceptors (Lipinski definition) is 4. The molecule has 0 fully saturated rings. The van der Waals surface area contributed by atoms with Gasteiger partial charge in [0.1, 0.15) is 12.1 Å². The maximum absolute atomic E-state index is 10.8. The summed E-state index contributed by atoms with van der Waals surface area (Å²) in [5.74, 6) is 0.467. The van der Waals surface area contributed by atoms with Gasteiger partial charge in [0, 0.05) is 30.2 Å². The van der Waals surface area contributed by atoms with Crippen LogP contribution in [-0.4, -0.2) is 9.91 Å². The van der Waals surface area contributed by atoms with E-state index in [4.69, 9.17) is 4.42 Å². The van der Waals surface area contributed by atoms with Crippen molar-refractivity contribution in [3.05, 3.63) is 52.8 Å². The molecule has 0 saturated heterocycles. The highest BCUT2D eigenvalue weighted by Gasteiger charge is 2.13. The van der Waals surface area contributed by atoms with Gasteiger partial charge in [-0.05, 0) is 6.07 Å². The number of rotatable bonds is 4. The standard InChI is InChI=1S/C15H14N3O3/c1-2-7-17-8-5-11(6-9-17)15-16-13-4-3-12(18(19)20)10-14(13)21-15/h3-6,8-10H,2,7H2,1H3/q+1. The summed E-state index contributed by atoms with van der Waals surface area (Å²) in [7, 11) is 0. The van der Waals surface area contributed by atoms with E-state index in [-0.39, 0.29) is 5.69 Å². The summed E-state index contributed by atoms with van der Waals surface area (Å²) in [6.45, 7) is 3.08. The number of benzene rings is 1. The minimum Gasteiger partial charge on any atom is -0.436 e. The lowest BCUT2D eigenvalue weighted by Crippen LogP contribution is -2.31. The van der Waals surface area contributed by atoms with Crippen molar-refractivity contribution in [2.75, 3.05) is 0 Å². The topological polar surface area (TPSA) is 73.0 Å². The van der Waals surface area contributed by atoms with Crippen LogP contribution >= 0.6 is 0 Å². The second kappa shape index (κ2) is 5.32. The number of aryl methyl sites for hydroxylation is 1. The number of oxazole rings is 1. The average molecular weight is 284 g/mol. The molecule has 0 bridgehead atoms. The lowest BCUT2D eigenvalue weighted by molar-refractivity contribution is -0.696. The summed E-state index contributed by atoms with van der Waals surface area (Å²) in [5.41, 5.74) is 1.88. The van der Waals surface area contributed by atoms with E-state index in [0.717, 1.165) is 18.5 Å². The van der Waals surface area contributed by atoms with Gasteiger partial charge >= 0.3 is 0 Å². The third-order valence-corrected chi connectivity index (χ3v) is 3.20. The Kier molecular flexibility index (Phi) is 3.35. The largest absolute Gasteiger partial charge is 0.436 e. The minimum absolute atomic E-state index is 0.000880. The third-order valence-electron chi connectivity index (χ3n) is 3.20. The summed E-state index contributed by atoms with van der Waals surface area (Å²) >= 11 is 0. The zero-order valence-electron chi connectivity index (χ0n) is 11.5. The number of pyridine rings is 1. The monoisotopic (exact) mass is 284 g/mol. The number of fused-ring (bicyclic) bond motifs is 1. The highest BCUT2D eigenvalue weighted by molar-refractivity contribution is 5.78.